The van der Waals surface area contributed by atoms with Gasteiger partial charge >= 0.3 is 0 Å². The van der Waals surface area contributed by atoms with Gasteiger partial charge in [-0.25, -0.2) is 4.39 Å². The van der Waals surface area contributed by atoms with E-state index in [2.05, 4.69) is 17.2 Å². The molecule has 21 heavy (non-hydrogen) atoms. The Bertz CT molecular complexity index is 605. The molecule has 2 rings (SSSR count). The van der Waals surface area contributed by atoms with Gasteiger partial charge in [0.15, 0.2) is 0 Å². The second-order valence-electron chi connectivity index (χ2n) is 5.26. The van der Waals surface area contributed by atoms with Crippen LogP contribution in [0.2, 0.25) is 5.02 Å². The Kier molecular flexibility index (Phi) is 5.32. The van der Waals surface area contributed by atoms with Crippen LogP contribution in [0.1, 0.15) is 41.6 Å². The molecule has 0 amide bonds. The molecule has 0 spiro atoms. The van der Waals surface area contributed by atoms with Crippen LogP contribution in [0, 0.1) is 19.7 Å². The highest BCUT2D eigenvalue weighted by Gasteiger charge is 2.22. The van der Waals surface area contributed by atoms with Crippen LogP contribution in [0.15, 0.2) is 30.6 Å². The van der Waals surface area contributed by atoms with Crippen molar-refractivity contribution in [3.05, 3.63) is 63.7 Å². The second-order valence-corrected chi connectivity index (χ2v) is 5.67. The molecule has 2 nitrogen and oxygen atoms in total. The van der Waals surface area contributed by atoms with E-state index in [1.807, 2.05) is 26.0 Å². The van der Waals surface area contributed by atoms with Crippen molar-refractivity contribution in [2.75, 3.05) is 6.54 Å². The summed E-state index contributed by atoms with van der Waals surface area (Å²) in [5, 5.41) is 3.94. The Balaban J connectivity index is 2.54. The topological polar surface area (TPSA) is 24.9 Å². The third kappa shape index (κ3) is 3.60. The van der Waals surface area contributed by atoms with Crippen molar-refractivity contribution in [3.63, 3.8) is 0 Å². The summed E-state index contributed by atoms with van der Waals surface area (Å²) in [4.78, 5) is 4.01. The summed E-state index contributed by atoms with van der Waals surface area (Å²) in [5.74, 6) is -0.200. The van der Waals surface area contributed by atoms with Crippen molar-refractivity contribution in [3.8, 4) is 0 Å². The molecule has 1 N–H and O–H groups in total. The molecule has 1 heterocycles. The van der Waals surface area contributed by atoms with Gasteiger partial charge in [-0.2, -0.15) is 0 Å². The minimum atomic E-state index is -0.263. The molecule has 1 aromatic carbocycles. The predicted molar refractivity (Wildman–Crippen MR) is 85.3 cm³/mol. The van der Waals surface area contributed by atoms with Crippen molar-refractivity contribution < 1.29 is 4.39 Å². The number of nitrogens with zero attached hydrogens (tertiary/aromatic N) is 1. The third-order valence-electron chi connectivity index (χ3n) is 3.48. The SMILES string of the molecule is CCCNC(c1ccncc1Cl)c1c(C)cc(C)cc1F. The Hall–Kier alpha value is -1.45. The Morgan fingerprint density at radius 1 is 1.33 bits per heavy atom. The van der Waals surface area contributed by atoms with Gasteiger partial charge in [-0.3, -0.25) is 4.98 Å². The maximum Gasteiger partial charge on any atom is 0.128 e. The lowest BCUT2D eigenvalue weighted by molar-refractivity contribution is 0.543. The molecule has 0 fully saturated rings. The number of aromatic nitrogens is 1. The van der Waals surface area contributed by atoms with E-state index in [1.165, 1.54) is 0 Å². The predicted octanol–water partition coefficient (Wildman–Crippen LogP) is 4.58. The first-order chi connectivity index (χ1) is 10.0. The largest absolute Gasteiger partial charge is 0.306 e. The Morgan fingerprint density at radius 3 is 2.71 bits per heavy atom. The van der Waals surface area contributed by atoms with E-state index in [-0.39, 0.29) is 11.9 Å². The fourth-order valence-electron chi connectivity index (χ4n) is 2.57. The van der Waals surface area contributed by atoms with Gasteiger partial charge < -0.3 is 5.32 Å². The lowest BCUT2D eigenvalue weighted by Gasteiger charge is -2.23. The highest BCUT2D eigenvalue weighted by Crippen LogP contribution is 2.31. The molecule has 1 atom stereocenters. The molecule has 0 aliphatic heterocycles. The van der Waals surface area contributed by atoms with Gasteiger partial charge in [0.2, 0.25) is 0 Å². The maximum atomic E-state index is 14.5. The number of rotatable bonds is 5. The number of nitrogens with one attached hydrogen (secondary N) is 1. The first kappa shape index (κ1) is 15.9. The van der Waals surface area contributed by atoms with Crippen molar-refractivity contribution in [2.45, 2.75) is 33.2 Å². The number of halogens is 2. The van der Waals surface area contributed by atoms with Crippen LogP contribution in [0.25, 0.3) is 0 Å². The lowest BCUT2D eigenvalue weighted by Crippen LogP contribution is -2.25. The van der Waals surface area contributed by atoms with Crippen LogP contribution in [0.5, 0.6) is 0 Å². The fourth-order valence-corrected chi connectivity index (χ4v) is 2.80. The van der Waals surface area contributed by atoms with Crippen LogP contribution in [0.4, 0.5) is 4.39 Å². The average molecular weight is 307 g/mol. The van der Waals surface area contributed by atoms with Gasteiger partial charge in [0.1, 0.15) is 5.82 Å². The summed E-state index contributed by atoms with van der Waals surface area (Å²) in [5.41, 5.74) is 3.35. The van der Waals surface area contributed by atoms with Gasteiger partial charge in [0.25, 0.3) is 0 Å². The molecular formula is C17H20ClFN2. The van der Waals surface area contributed by atoms with Gasteiger partial charge in [0, 0.05) is 18.0 Å². The van der Waals surface area contributed by atoms with Crippen molar-refractivity contribution in [1.29, 1.82) is 0 Å². The maximum absolute atomic E-state index is 14.5. The quantitative estimate of drug-likeness (QED) is 0.874. The second kappa shape index (κ2) is 7.01. The highest BCUT2D eigenvalue weighted by molar-refractivity contribution is 6.31. The molecule has 0 aliphatic rings. The summed E-state index contributed by atoms with van der Waals surface area (Å²) in [7, 11) is 0. The van der Waals surface area contributed by atoms with Crippen molar-refractivity contribution >= 4 is 11.6 Å². The van der Waals surface area contributed by atoms with Crippen molar-refractivity contribution in [1.82, 2.24) is 10.3 Å². The summed E-state index contributed by atoms with van der Waals surface area (Å²) in [6.07, 6.45) is 4.24. The summed E-state index contributed by atoms with van der Waals surface area (Å²) >= 11 is 6.26. The Morgan fingerprint density at radius 2 is 2.10 bits per heavy atom. The molecule has 0 aliphatic carbocycles. The third-order valence-corrected chi connectivity index (χ3v) is 3.80. The standard InChI is InChI=1S/C17H20ClFN2/c1-4-6-21-17(13-5-7-20-10-14(13)18)16-12(3)8-11(2)9-15(16)19/h5,7-10,17,21H,4,6H2,1-3H3. The van der Waals surface area contributed by atoms with E-state index in [0.29, 0.717) is 10.6 Å². The summed E-state index contributed by atoms with van der Waals surface area (Å²) in [6, 6.07) is 5.14. The fraction of sp³-hybridized carbons (Fsp3) is 0.353. The molecule has 0 saturated heterocycles. The molecule has 0 bridgehead atoms. The highest BCUT2D eigenvalue weighted by atomic mass is 35.5. The molecule has 4 heteroatoms. The Labute approximate surface area is 130 Å². The zero-order chi connectivity index (χ0) is 15.4. The number of aryl methyl sites for hydroxylation is 2. The van der Waals surface area contributed by atoms with Gasteiger partial charge in [-0.05, 0) is 55.6 Å². The van der Waals surface area contributed by atoms with Crippen LogP contribution in [0.3, 0.4) is 0 Å². The van der Waals surface area contributed by atoms with E-state index in [4.69, 9.17) is 11.6 Å². The van der Waals surface area contributed by atoms with Gasteiger partial charge in [-0.1, -0.05) is 24.6 Å². The van der Waals surface area contributed by atoms with Gasteiger partial charge in [0.05, 0.1) is 11.1 Å². The molecule has 0 saturated carbocycles. The molecule has 1 unspecified atom stereocenters. The molecular weight excluding hydrogens is 287 g/mol. The van der Waals surface area contributed by atoms with Crippen LogP contribution in [-0.4, -0.2) is 11.5 Å². The van der Waals surface area contributed by atoms with E-state index >= 15 is 0 Å². The first-order valence-corrected chi connectivity index (χ1v) is 7.51. The van der Waals surface area contributed by atoms with E-state index < -0.39 is 0 Å². The molecule has 1 aromatic heterocycles. The number of pyridine rings is 1. The van der Waals surface area contributed by atoms with Crippen LogP contribution < -0.4 is 5.32 Å². The van der Waals surface area contributed by atoms with Crippen molar-refractivity contribution in [2.24, 2.45) is 0 Å². The van der Waals surface area contributed by atoms with E-state index in [1.54, 1.807) is 18.5 Å². The smallest absolute Gasteiger partial charge is 0.128 e. The van der Waals surface area contributed by atoms with Crippen LogP contribution >= 0.6 is 11.6 Å². The molecule has 112 valence electrons. The summed E-state index contributed by atoms with van der Waals surface area (Å²) < 4.78 is 14.5. The summed E-state index contributed by atoms with van der Waals surface area (Å²) in [6.45, 7) is 6.70. The normalized spacial score (nSPS) is 12.4. The van der Waals surface area contributed by atoms with E-state index in [0.717, 1.165) is 29.7 Å². The molecule has 0 radical (unpaired) electrons. The minimum Gasteiger partial charge on any atom is -0.306 e. The monoisotopic (exact) mass is 306 g/mol. The number of hydrogen-bond acceptors (Lipinski definition) is 2. The number of benzene rings is 1. The number of hydrogen-bond donors (Lipinski definition) is 1. The first-order valence-electron chi connectivity index (χ1n) is 7.14. The zero-order valence-electron chi connectivity index (χ0n) is 12.6. The zero-order valence-corrected chi connectivity index (χ0v) is 13.3. The van der Waals surface area contributed by atoms with Gasteiger partial charge in [-0.15, -0.1) is 0 Å². The molecule has 2 aromatic rings. The van der Waals surface area contributed by atoms with E-state index in [9.17, 15) is 4.39 Å². The average Bonchev–Trinajstić information content (AvgIpc) is 2.42. The van der Waals surface area contributed by atoms with Crippen LogP contribution in [-0.2, 0) is 0 Å². The minimum absolute atomic E-state index is 0.200. The lowest BCUT2D eigenvalue weighted by atomic mass is 9.93.